The molecule has 4 heterocycles. The number of benzene rings is 2. The number of aromatic nitrogens is 2. The molecule has 1 fully saturated rings. The molecule has 1 aliphatic carbocycles. The minimum Gasteiger partial charge on any atom is -0.491 e. The third-order valence-electron chi connectivity index (χ3n) is 8.61. The van der Waals surface area contributed by atoms with Crippen molar-refractivity contribution in [3.63, 3.8) is 0 Å². The number of pyridine rings is 1. The summed E-state index contributed by atoms with van der Waals surface area (Å²) in [5.41, 5.74) is 4.18. The van der Waals surface area contributed by atoms with Gasteiger partial charge in [-0.05, 0) is 83.8 Å². The monoisotopic (exact) mass is 620 g/mol. The number of H-pyrrole nitrogens is 1. The van der Waals surface area contributed by atoms with Gasteiger partial charge in [0.2, 0.25) is 10.0 Å². The molecule has 3 aliphatic rings. The number of amides is 1. The van der Waals surface area contributed by atoms with Gasteiger partial charge in [0.25, 0.3) is 5.91 Å². The van der Waals surface area contributed by atoms with Gasteiger partial charge in [0.15, 0.2) is 0 Å². The highest BCUT2D eigenvalue weighted by atomic mass is 32.2. The fourth-order valence-electron chi connectivity index (χ4n) is 6.19. The van der Waals surface area contributed by atoms with Gasteiger partial charge in [-0.1, -0.05) is 6.08 Å². The number of nitrogens with one attached hydrogen (secondary N) is 1. The van der Waals surface area contributed by atoms with Gasteiger partial charge in [-0.2, -0.15) is 4.31 Å². The van der Waals surface area contributed by atoms with Crippen LogP contribution in [0, 0.1) is 11.6 Å². The molecule has 12 heteroatoms. The van der Waals surface area contributed by atoms with Crippen LogP contribution in [0.25, 0.3) is 27.7 Å². The van der Waals surface area contributed by atoms with Gasteiger partial charge in [0, 0.05) is 35.9 Å². The number of fused-ring (bicyclic) bond motifs is 2. The molecule has 2 aliphatic heterocycles. The van der Waals surface area contributed by atoms with Crippen molar-refractivity contribution < 1.29 is 31.8 Å². The molecule has 2 aromatic heterocycles. The van der Waals surface area contributed by atoms with Crippen molar-refractivity contribution in [2.75, 3.05) is 37.4 Å². The van der Waals surface area contributed by atoms with Crippen LogP contribution in [0.1, 0.15) is 52.4 Å². The Balaban J connectivity index is 1.29. The Morgan fingerprint density at radius 1 is 1.11 bits per heavy atom. The molecule has 2 aromatic carbocycles. The minimum atomic E-state index is -3.30. The van der Waals surface area contributed by atoms with Crippen LogP contribution in [-0.4, -0.2) is 66.2 Å². The smallest absolute Gasteiger partial charge is 0.265 e. The lowest BCUT2D eigenvalue weighted by atomic mass is 9.95. The number of aliphatic hydroxyl groups excluding tert-OH is 1. The molecule has 0 unspecified atom stereocenters. The average Bonchev–Trinajstić information content (AvgIpc) is 3.78. The third kappa shape index (κ3) is 5.06. The van der Waals surface area contributed by atoms with Crippen LogP contribution >= 0.6 is 0 Å². The molecule has 4 aromatic rings. The van der Waals surface area contributed by atoms with Gasteiger partial charge < -0.3 is 19.7 Å². The highest BCUT2D eigenvalue weighted by molar-refractivity contribution is 7.88. The van der Waals surface area contributed by atoms with E-state index >= 15 is 8.78 Å². The second-order valence-corrected chi connectivity index (χ2v) is 13.5. The highest BCUT2D eigenvalue weighted by Gasteiger charge is 2.33. The van der Waals surface area contributed by atoms with E-state index in [1.54, 1.807) is 18.3 Å². The Bertz CT molecular complexity index is 1970. The Kier molecular flexibility index (Phi) is 7.02. The first-order valence-corrected chi connectivity index (χ1v) is 16.3. The Morgan fingerprint density at radius 3 is 2.64 bits per heavy atom. The molecule has 0 radical (unpaired) electrons. The number of rotatable bonds is 6. The summed E-state index contributed by atoms with van der Waals surface area (Å²) in [6.45, 7) is 0.182. The fourth-order valence-corrected chi connectivity index (χ4v) is 6.96. The average molecular weight is 621 g/mol. The maximum absolute atomic E-state index is 15.4. The minimum absolute atomic E-state index is 0.0281. The van der Waals surface area contributed by atoms with Gasteiger partial charge >= 0.3 is 0 Å². The van der Waals surface area contributed by atoms with Crippen LogP contribution in [0.2, 0.25) is 0 Å². The fraction of sp³-hybridized carbons (Fsp3) is 0.312. The topological polar surface area (TPSA) is 116 Å². The number of aliphatic hydroxyl groups is 1. The molecule has 1 saturated carbocycles. The van der Waals surface area contributed by atoms with Crippen molar-refractivity contribution in [3.8, 4) is 16.9 Å². The van der Waals surface area contributed by atoms with E-state index in [-0.39, 0.29) is 42.6 Å². The number of hydrogen-bond acceptors (Lipinski definition) is 6. The van der Waals surface area contributed by atoms with Crippen LogP contribution in [0.5, 0.6) is 5.75 Å². The molecule has 9 nitrogen and oxygen atoms in total. The molecule has 0 spiro atoms. The second-order valence-electron chi connectivity index (χ2n) is 11.5. The molecule has 0 saturated heterocycles. The number of hydrogen-bond donors (Lipinski definition) is 2. The summed E-state index contributed by atoms with van der Waals surface area (Å²) in [7, 11) is -3.30. The van der Waals surface area contributed by atoms with Gasteiger partial charge in [0.1, 0.15) is 35.2 Å². The van der Waals surface area contributed by atoms with Crippen molar-refractivity contribution in [1.29, 1.82) is 0 Å². The summed E-state index contributed by atoms with van der Waals surface area (Å²) in [5.74, 6) is -1.54. The van der Waals surface area contributed by atoms with Crippen LogP contribution < -0.4 is 9.64 Å². The van der Waals surface area contributed by atoms with Gasteiger partial charge in [-0.25, -0.2) is 22.2 Å². The molecule has 228 valence electrons. The van der Waals surface area contributed by atoms with Gasteiger partial charge in [-0.15, -0.1) is 0 Å². The normalized spacial score (nSPS) is 17.8. The Labute approximate surface area is 252 Å². The van der Waals surface area contributed by atoms with E-state index in [2.05, 4.69) is 9.97 Å². The Morgan fingerprint density at radius 2 is 1.93 bits per heavy atom. The molecular formula is C32H30F2N4O5S. The zero-order valence-corrected chi connectivity index (χ0v) is 24.8. The van der Waals surface area contributed by atoms with E-state index in [4.69, 9.17) is 4.74 Å². The standard InChI is InChI=1S/C32H30F2N4O5S/c1-44(41,42)37-8-5-19(6-9-37)27-16-24-22(4-7-35-31(24)36-27)23-14-21(33)15-28(25(23)17-39)38-10-11-43-29-13-20(18-2-3-18)12-26(34)30(29)32(38)40/h4-5,7,12-16,18,39H,2-3,6,8-11,17H2,1H3,(H,35,36). The van der Waals surface area contributed by atoms with Gasteiger partial charge in [0.05, 0.1) is 25.1 Å². The van der Waals surface area contributed by atoms with Crippen LogP contribution in [0.15, 0.2) is 48.7 Å². The molecule has 0 bridgehead atoms. The molecule has 0 atom stereocenters. The Hall–Kier alpha value is -4.13. The van der Waals surface area contributed by atoms with Crippen molar-refractivity contribution in [2.24, 2.45) is 0 Å². The first kappa shape index (κ1) is 28.6. The number of halogens is 2. The molecule has 7 rings (SSSR count). The summed E-state index contributed by atoms with van der Waals surface area (Å²) in [5, 5.41) is 11.3. The van der Waals surface area contributed by atoms with Crippen LogP contribution in [-0.2, 0) is 16.6 Å². The zero-order valence-electron chi connectivity index (χ0n) is 23.9. The van der Waals surface area contributed by atoms with E-state index in [0.717, 1.165) is 29.7 Å². The van der Waals surface area contributed by atoms with Crippen molar-refractivity contribution in [3.05, 3.63) is 82.7 Å². The summed E-state index contributed by atoms with van der Waals surface area (Å²) in [6.07, 6.45) is 7.04. The lowest BCUT2D eigenvalue weighted by Crippen LogP contribution is -2.34. The van der Waals surface area contributed by atoms with E-state index in [1.807, 2.05) is 12.1 Å². The number of sulfonamides is 1. The van der Waals surface area contributed by atoms with Crippen LogP contribution in [0.4, 0.5) is 14.5 Å². The summed E-state index contributed by atoms with van der Waals surface area (Å²) < 4.78 is 61.8. The number of anilines is 1. The summed E-state index contributed by atoms with van der Waals surface area (Å²) in [4.78, 5) is 22.8. The second kappa shape index (κ2) is 10.8. The number of carbonyl (C=O) groups excluding carboxylic acids is 1. The van der Waals surface area contributed by atoms with E-state index < -0.39 is 34.2 Å². The van der Waals surface area contributed by atoms with Crippen molar-refractivity contribution >= 4 is 38.2 Å². The lowest BCUT2D eigenvalue weighted by Gasteiger charge is -2.25. The summed E-state index contributed by atoms with van der Waals surface area (Å²) >= 11 is 0. The zero-order chi connectivity index (χ0) is 30.7. The molecule has 1 amide bonds. The van der Waals surface area contributed by atoms with Crippen LogP contribution in [0.3, 0.4) is 0 Å². The predicted octanol–water partition coefficient (Wildman–Crippen LogP) is 4.97. The molecule has 2 N–H and O–H groups in total. The number of aromatic amines is 1. The van der Waals surface area contributed by atoms with E-state index in [0.29, 0.717) is 40.7 Å². The van der Waals surface area contributed by atoms with Gasteiger partial charge in [-0.3, -0.25) is 4.79 Å². The third-order valence-corrected chi connectivity index (χ3v) is 9.88. The lowest BCUT2D eigenvalue weighted by molar-refractivity contribution is 0.0985. The van der Waals surface area contributed by atoms with E-state index in [9.17, 15) is 18.3 Å². The summed E-state index contributed by atoms with van der Waals surface area (Å²) in [6, 6.07) is 9.16. The van der Waals surface area contributed by atoms with Crippen molar-refractivity contribution in [2.45, 2.75) is 31.8 Å². The number of nitrogens with zero attached hydrogens (tertiary/aromatic N) is 3. The SMILES string of the molecule is CS(=O)(=O)N1CC=C(c2cc3c(-c4cc(F)cc(N5CCOc6cc(C7CC7)cc(F)c6C5=O)c4CO)ccnc3[nH]2)CC1. The molecule has 44 heavy (non-hydrogen) atoms. The largest absolute Gasteiger partial charge is 0.491 e. The van der Waals surface area contributed by atoms with E-state index in [1.165, 1.54) is 33.7 Å². The molecular weight excluding hydrogens is 590 g/mol. The first-order valence-electron chi connectivity index (χ1n) is 14.5. The number of carbonyl (C=O) groups is 1. The first-order chi connectivity index (χ1) is 21.1. The maximum atomic E-state index is 15.4. The predicted molar refractivity (Wildman–Crippen MR) is 162 cm³/mol. The highest BCUT2D eigenvalue weighted by Crippen LogP contribution is 2.44. The number of ether oxygens (including phenoxy) is 1. The quantitative estimate of drug-likeness (QED) is 0.315. The maximum Gasteiger partial charge on any atom is 0.265 e. The van der Waals surface area contributed by atoms with Crippen molar-refractivity contribution in [1.82, 2.24) is 14.3 Å².